The third kappa shape index (κ3) is 7.38. The summed E-state index contributed by atoms with van der Waals surface area (Å²) in [5.41, 5.74) is 2.57. The molecule has 4 atom stereocenters. The molecule has 226 valence electrons. The molecule has 2 aromatic carbocycles. The van der Waals surface area contributed by atoms with Gasteiger partial charge in [-0.3, -0.25) is 19.2 Å². The summed E-state index contributed by atoms with van der Waals surface area (Å²) in [6, 6.07) is 7.61. The van der Waals surface area contributed by atoms with Crippen molar-refractivity contribution in [3.63, 3.8) is 0 Å². The Bertz CT molecular complexity index is 1310. The van der Waals surface area contributed by atoms with Gasteiger partial charge in [-0.2, -0.15) is 0 Å². The molecule has 4 unspecified atom stereocenters. The van der Waals surface area contributed by atoms with E-state index in [1.807, 2.05) is 0 Å². The maximum Gasteiger partial charge on any atom is 0.167 e. The van der Waals surface area contributed by atoms with Gasteiger partial charge in [0.15, 0.2) is 11.6 Å². The second-order valence-corrected chi connectivity index (χ2v) is 11.6. The van der Waals surface area contributed by atoms with Gasteiger partial charge in [0.1, 0.15) is 29.2 Å². The second-order valence-electron chi connectivity index (χ2n) is 11.6. The number of aliphatic hydroxyl groups is 2. The smallest absolute Gasteiger partial charge is 0.167 e. The van der Waals surface area contributed by atoms with E-state index in [4.69, 9.17) is 4.74 Å². The Morgan fingerprint density at radius 2 is 1.86 bits per heavy atom. The minimum Gasteiger partial charge on any atom is -0.507 e. The Morgan fingerprint density at radius 3 is 2.48 bits per heavy atom. The maximum atomic E-state index is 13.8. The van der Waals surface area contributed by atoms with Gasteiger partial charge in [0.05, 0.1) is 18.6 Å². The number of ether oxygens (including phenoxy) is 1. The van der Waals surface area contributed by atoms with Crippen molar-refractivity contribution in [2.45, 2.75) is 70.8 Å². The van der Waals surface area contributed by atoms with Crippen molar-refractivity contribution < 1.29 is 43.6 Å². The minimum atomic E-state index is -0.841. The molecule has 4 rings (SSSR count). The van der Waals surface area contributed by atoms with Crippen LogP contribution < -0.4 is 0 Å². The number of phenols is 1. The number of fused-ring (bicyclic) bond motifs is 1. The molecule has 1 heterocycles. The van der Waals surface area contributed by atoms with E-state index in [9.17, 15) is 38.9 Å². The summed E-state index contributed by atoms with van der Waals surface area (Å²) in [5, 5.41) is 31.0. The fourth-order valence-corrected chi connectivity index (χ4v) is 6.47. The molecule has 8 nitrogen and oxygen atoms in total. The van der Waals surface area contributed by atoms with Crippen LogP contribution >= 0.6 is 0 Å². The van der Waals surface area contributed by atoms with Gasteiger partial charge in [-0.1, -0.05) is 12.1 Å². The van der Waals surface area contributed by atoms with Crippen molar-refractivity contribution in [2.24, 2.45) is 17.8 Å². The molecule has 42 heavy (non-hydrogen) atoms. The average molecular weight is 583 g/mol. The van der Waals surface area contributed by atoms with E-state index < -0.39 is 36.1 Å². The molecular formula is C33H39FO8. The Kier molecular flexibility index (Phi) is 10.8. The molecule has 0 aromatic heterocycles. The molecule has 2 aromatic rings. The van der Waals surface area contributed by atoms with Crippen LogP contribution in [0, 0.1) is 23.6 Å². The quantitative estimate of drug-likeness (QED) is 0.282. The fraction of sp³-hybridized carbons (Fsp3) is 0.515. The van der Waals surface area contributed by atoms with Gasteiger partial charge in [-0.15, -0.1) is 0 Å². The first-order valence-corrected chi connectivity index (χ1v) is 14.7. The van der Waals surface area contributed by atoms with Crippen LogP contribution in [0.25, 0.3) is 11.1 Å². The van der Waals surface area contributed by atoms with E-state index in [0.717, 1.165) is 6.42 Å². The number of Topliss-reactive ketones (excluding diaryl/α,β-unsaturated/α-hetero) is 4. The van der Waals surface area contributed by atoms with Crippen LogP contribution in [0.4, 0.5) is 4.39 Å². The molecule has 0 bridgehead atoms. The summed E-state index contributed by atoms with van der Waals surface area (Å²) in [4.78, 5) is 50.5. The normalized spacial score (nSPS) is 19.8. The van der Waals surface area contributed by atoms with Crippen LogP contribution in [0.2, 0.25) is 0 Å². The van der Waals surface area contributed by atoms with E-state index in [1.165, 1.54) is 19.1 Å². The topological polar surface area (TPSA) is 138 Å². The average Bonchev–Trinajstić information content (AvgIpc) is 3.48. The minimum absolute atomic E-state index is 0.0490. The Hall–Kier alpha value is -3.27. The predicted molar refractivity (Wildman–Crippen MR) is 153 cm³/mol. The first kappa shape index (κ1) is 31.7. The third-order valence-corrected chi connectivity index (χ3v) is 8.56. The van der Waals surface area contributed by atoms with E-state index in [2.05, 4.69) is 0 Å². The first-order valence-electron chi connectivity index (χ1n) is 14.7. The van der Waals surface area contributed by atoms with Gasteiger partial charge in [0, 0.05) is 32.0 Å². The fourth-order valence-electron chi connectivity index (χ4n) is 6.47. The van der Waals surface area contributed by atoms with Gasteiger partial charge in [0.2, 0.25) is 0 Å². The number of phenolic OH excluding ortho intramolecular Hbond substituents is 1. The predicted octanol–water partition coefficient (Wildman–Crippen LogP) is 4.17. The van der Waals surface area contributed by atoms with Crippen LogP contribution in [0.1, 0.15) is 73.4 Å². The number of aryl methyl sites for hydroxylation is 1. The van der Waals surface area contributed by atoms with Crippen molar-refractivity contribution in [1.29, 1.82) is 0 Å². The molecule has 0 spiro atoms. The highest BCUT2D eigenvalue weighted by Crippen LogP contribution is 2.43. The Morgan fingerprint density at radius 1 is 1.12 bits per heavy atom. The number of carbonyl (C=O) groups is 4. The Labute approximate surface area is 244 Å². The zero-order valence-electron chi connectivity index (χ0n) is 23.9. The van der Waals surface area contributed by atoms with Crippen LogP contribution in [-0.4, -0.2) is 64.4 Å². The lowest BCUT2D eigenvalue weighted by molar-refractivity contribution is -0.131. The van der Waals surface area contributed by atoms with Gasteiger partial charge in [0.25, 0.3) is 0 Å². The van der Waals surface area contributed by atoms with Crippen LogP contribution in [0.3, 0.4) is 0 Å². The summed E-state index contributed by atoms with van der Waals surface area (Å²) in [6.45, 7) is 1.17. The second kappa shape index (κ2) is 14.3. The van der Waals surface area contributed by atoms with E-state index >= 15 is 0 Å². The zero-order chi connectivity index (χ0) is 30.4. The number of halogens is 1. The highest BCUT2D eigenvalue weighted by molar-refractivity contribution is 6.03. The lowest BCUT2D eigenvalue weighted by Gasteiger charge is -2.32. The number of hydrogen-bond acceptors (Lipinski definition) is 8. The maximum absolute atomic E-state index is 13.8. The number of carbonyl (C=O) groups excluding carboxylic acids is 4. The monoisotopic (exact) mass is 582 g/mol. The number of aliphatic hydroxyl groups excluding tert-OH is 2. The number of rotatable bonds is 14. The summed E-state index contributed by atoms with van der Waals surface area (Å²) in [6.07, 6.45) is 2.15. The number of ketones is 4. The number of aromatic hydroxyl groups is 1. The lowest BCUT2D eigenvalue weighted by Crippen LogP contribution is -2.32. The SMILES string of the molecule is CC(=O)CC(=O)C(CO)C(CCO)CC1CC(=O)c2c(O)c(CCC(=O)C3CCCO3)cc(-c3ccc(F)cc3)c2C1. The van der Waals surface area contributed by atoms with Crippen LogP contribution in [0.15, 0.2) is 30.3 Å². The molecule has 3 N–H and O–H groups in total. The molecule has 1 fully saturated rings. The van der Waals surface area contributed by atoms with Gasteiger partial charge in [-0.05, 0) is 97.7 Å². The molecule has 0 amide bonds. The van der Waals surface area contributed by atoms with Crippen molar-refractivity contribution in [3.8, 4) is 16.9 Å². The van der Waals surface area contributed by atoms with E-state index in [1.54, 1.807) is 18.2 Å². The molecule has 1 aliphatic heterocycles. The molecule has 2 aliphatic rings. The highest BCUT2D eigenvalue weighted by atomic mass is 19.1. The van der Waals surface area contributed by atoms with E-state index in [-0.39, 0.29) is 73.3 Å². The number of hydrogen-bond donors (Lipinski definition) is 3. The van der Waals surface area contributed by atoms with Crippen molar-refractivity contribution in [1.82, 2.24) is 0 Å². The summed E-state index contributed by atoms with van der Waals surface area (Å²) < 4.78 is 19.3. The van der Waals surface area contributed by atoms with Crippen LogP contribution in [0.5, 0.6) is 5.75 Å². The molecule has 1 aliphatic carbocycles. The van der Waals surface area contributed by atoms with Gasteiger partial charge < -0.3 is 20.1 Å². The summed E-state index contributed by atoms with van der Waals surface area (Å²) >= 11 is 0. The molecular weight excluding hydrogens is 543 g/mol. The molecule has 9 heteroatoms. The van der Waals surface area contributed by atoms with E-state index in [0.29, 0.717) is 48.1 Å². The first-order chi connectivity index (χ1) is 20.1. The molecule has 1 saturated heterocycles. The summed E-state index contributed by atoms with van der Waals surface area (Å²) in [7, 11) is 0. The molecule has 0 radical (unpaired) electrons. The highest BCUT2D eigenvalue weighted by Gasteiger charge is 2.36. The lowest BCUT2D eigenvalue weighted by atomic mass is 9.72. The van der Waals surface area contributed by atoms with Crippen molar-refractivity contribution >= 4 is 23.1 Å². The molecule has 0 saturated carbocycles. The van der Waals surface area contributed by atoms with Crippen molar-refractivity contribution in [2.75, 3.05) is 19.8 Å². The Balaban J connectivity index is 1.66. The van der Waals surface area contributed by atoms with Crippen molar-refractivity contribution in [3.05, 3.63) is 52.8 Å². The summed E-state index contributed by atoms with van der Waals surface area (Å²) in [5.74, 6) is -3.15. The van der Waals surface area contributed by atoms with Gasteiger partial charge >= 0.3 is 0 Å². The van der Waals surface area contributed by atoms with Gasteiger partial charge in [-0.25, -0.2) is 4.39 Å². The third-order valence-electron chi connectivity index (χ3n) is 8.56. The number of benzene rings is 2. The zero-order valence-corrected chi connectivity index (χ0v) is 23.9. The largest absolute Gasteiger partial charge is 0.507 e. The standard InChI is InChI=1S/C33H39FO8/c1-19(37)13-29(39)27(18-36)22(10-11-35)14-20-15-26-25(21-4-7-24(34)8-5-21)17-23(33(41)32(26)30(40)16-20)6-9-28(38)31-3-2-12-42-31/h4-5,7-8,17,20,22,27,31,35-36,41H,2-3,6,9-16,18H2,1H3. The van der Waals surface area contributed by atoms with Crippen LogP contribution in [-0.2, 0) is 32.0 Å².